The third-order valence-electron chi connectivity index (χ3n) is 3.48. The quantitative estimate of drug-likeness (QED) is 0.805. The molecule has 0 unspecified atom stereocenters. The number of pyridine rings is 1. The number of para-hydroxylation sites is 2. The van der Waals surface area contributed by atoms with Gasteiger partial charge in [-0.3, -0.25) is 9.78 Å². The molecule has 3 rings (SSSR count). The van der Waals surface area contributed by atoms with E-state index in [1.807, 2.05) is 24.3 Å². The van der Waals surface area contributed by atoms with Gasteiger partial charge in [0, 0.05) is 5.39 Å². The Hall–Kier alpha value is -3.39. The van der Waals surface area contributed by atoms with Gasteiger partial charge in [-0.05, 0) is 18.2 Å². The second-order valence-electron chi connectivity index (χ2n) is 4.83. The maximum Gasteiger partial charge on any atom is 0.260 e. The lowest BCUT2D eigenvalue weighted by Crippen LogP contribution is -2.15. The molecular formula is C18H13N3O2. The van der Waals surface area contributed by atoms with Crippen molar-refractivity contribution in [3.63, 3.8) is 0 Å². The first-order chi connectivity index (χ1) is 11.2. The Balaban J connectivity index is 2.09. The van der Waals surface area contributed by atoms with Gasteiger partial charge in [0.15, 0.2) is 5.75 Å². The van der Waals surface area contributed by atoms with Crippen LogP contribution in [-0.4, -0.2) is 18.0 Å². The molecule has 1 amide bonds. The van der Waals surface area contributed by atoms with Crippen LogP contribution in [0.3, 0.4) is 0 Å². The van der Waals surface area contributed by atoms with Crippen LogP contribution in [0.15, 0.2) is 54.7 Å². The van der Waals surface area contributed by atoms with Crippen LogP contribution in [0.5, 0.6) is 5.75 Å². The Bertz CT molecular complexity index is 929. The summed E-state index contributed by atoms with van der Waals surface area (Å²) in [7, 11) is 1.49. The van der Waals surface area contributed by atoms with E-state index in [0.717, 1.165) is 0 Å². The third kappa shape index (κ3) is 2.70. The van der Waals surface area contributed by atoms with Gasteiger partial charge in [-0.2, -0.15) is 5.26 Å². The van der Waals surface area contributed by atoms with E-state index in [4.69, 9.17) is 10.00 Å². The van der Waals surface area contributed by atoms with Crippen LogP contribution in [0.2, 0.25) is 0 Å². The van der Waals surface area contributed by atoms with Gasteiger partial charge in [0.05, 0.1) is 35.6 Å². The van der Waals surface area contributed by atoms with Gasteiger partial charge in [0.25, 0.3) is 5.91 Å². The molecule has 0 spiro atoms. The minimum Gasteiger partial charge on any atom is -0.494 e. The minimum atomic E-state index is -0.344. The lowest BCUT2D eigenvalue weighted by molar-refractivity contribution is 0.102. The lowest BCUT2D eigenvalue weighted by atomic mass is 10.1. The van der Waals surface area contributed by atoms with Crippen LogP contribution >= 0.6 is 0 Å². The normalized spacial score (nSPS) is 10.1. The first-order valence-electron chi connectivity index (χ1n) is 6.97. The van der Waals surface area contributed by atoms with Crippen molar-refractivity contribution in [1.82, 2.24) is 4.98 Å². The summed E-state index contributed by atoms with van der Waals surface area (Å²) in [6.07, 6.45) is 1.52. The molecule has 0 aliphatic carbocycles. The highest BCUT2D eigenvalue weighted by Crippen LogP contribution is 2.27. The summed E-state index contributed by atoms with van der Waals surface area (Å²) in [6.45, 7) is 0. The number of aromatic nitrogens is 1. The number of nitrogens with zero attached hydrogens (tertiary/aromatic N) is 2. The van der Waals surface area contributed by atoms with Crippen LogP contribution in [0.25, 0.3) is 10.9 Å². The van der Waals surface area contributed by atoms with Crippen molar-refractivity contribution in [2.24, 2.45) is 0 Å². The van der Waals surface area contributed by atoms with Crippen molar-refractivity contribution in [2.75, 3.05) is 12.4 Å². The van der Waals surface area contributed by atoms with Crippen molar-refractivity contribution in [3.8, 4) is 11.8 Å². The average Bonchev–Trinajstić information content (AvgIpc) is 2.61. The highest BCUT2D eigenvalue weighted by Gasteiger charge is 2.18. The van der Waals surface area contributed by atoms with Gasteiger partial charge in [-0.25, -0.2) is 0 Å². The fourth-order valence-electron chi connectivity index (χ4n) is 2.39. The van der Waals surface area contributed by atoms with Gasteiger partial charge in [-0.1, -0.05) is 30.3 Å². The summed E-state index contributed by atoms with van der Waals surface area (Å²) in [5, 5.41) is 12.6. The highest BCUT2D eigenvalue weighted by atomic mass is 16.5. The number of benzene rings is 2. The molecule has 2 aromatic carbocycles. The van der Waals surface area contributed by atoms with E-state index in [9.17, 15) is 4.79 Å². The molecule has 5 nitrogen and oxygen atoms in total. The zero-order chi connectivity index (χ0) is 16.2. The number of hydrogen-bond donors (Lipinski definition) is 1. The van der Waals surface area contributed by atoms with E-state index in [2.05, 4.69) is 16.4 Å². The summed E-state index contributed by atoms with van der Waals surface area (Å²) >= 11 is 0. The molecule has 0 aliphatic rings. The van der Waals surface area contributed by atoms with E-state index in [1.165, 1.54) is 13.3 Å². The Morgan fingerprint density at radius 2 is 1.91 bits per heavy atom. The number of ether oxygens (including phenoxy) is 1. The number of rotatable bonds is 3. The zero-order valence-electron chi connectivity index (χ0n) is 12.4. The smallest absolute Gasteiger partial charge is 0.260 e. The molecule has 0 aliphatic heterocycles. The largest absolute Gasteiger partial charge is 0.494 e. The molecule has 23 heavy (non-hydrogen) atoms. The average molecular weight is 303 g/mol. The van der Waals surface area contributed by atoms with Gasteiger partial charge < -0.3 is 10.1 Å². The van der Waals surface area contributed by atoms with Crippen molar-refractivity contribution in [3.05, 3.63) is 65.9 Å². The second kappa shape index (κ2) is 6.16. The molecule has 1 heterocycles. The number of hydrogen-bond acceptors (Lipinski definition) is 4. The number of carbonyl (C=O) groups excluding carboxylic acids is 1. The highest BCUT2D eigenvalue weighted by molar-refractivity contribution is 6.14. The number of fused-ring (bicyclic) bond motifs is 1. The van der Waals surface area contributed by atoms with E-state index >= 15 is 0 Å². The number of anilines is 1. The summed E-state index contributed by atoms with van der Waals surface area (Å²) in [6, 6.07) is 16.2. The van der Waals surface area contributed by atoms with Crippen LogP contribution < -0.4 is 10.1 Å². The van der Waals surface area contributed by atoms with Crippen LogP contribution in [0.1, 0.15) is 15.9 Å². The van der Waals surface area contributed by atoms with Crippen LogP contribution in [0, 0.1) is 11.3 Å². The number of nitrogens with one attached hydrogen (secondary N) is 1. The molecule has 0 saturated carbocycles. The molecule has 1 N–H and O–H groups in total. The monoisotopic (exact) mass is 303 g/mol. The van der Waals surface area contributed by atoms with Gasteiger partial charge >= 0.3 is 0 Å². The Kier molecular flexibility index (Phi) is 3.89. The summed E-state index contributed by atoms with van der Waals surface area (Å²) in [4.78, 5) is 17.0. The molecule has 0 atom stereocenters. The number of methoxy groups -OCH3 is 1. The SMILES string of the molecule is COc1cnc2ccccc2c1C(=O)Nc1ccccc1C#N. The van der Waals surface area contributed by atoms with Crippen molar-refractivity contribution < 1.29 is 9.53 Å². The van der Waals surface area contributed by atoms with Crippen molar-refractivity contribution in [2.45, 2.75) is 0 Å². The summed E-state index contributed by atoms with van der Waals surface area (Å²) < 4.78 is 5.28. The molecule has 112 valence electrons. The molecule has 0 fully saturated rings. The van der Waals surface area contributed by atoms with E-state index < -0.39 is 0 Å². The minimum absolute atomic E-state index is 0.344. The maximum absolute atomic E-state index is 12.7. The Morgan fingerprint density at radius 3 is 2.70 bits per heavy atom. The molecule has 5 heteroatoms. The molecule has 0 saturated heterocycles. The van der Waals surface area contributed by atoms with E-state index in [0.29, 0.717) is 33.5 Å². The predicted octanol–water partition coefficient (Wildman–Crippen LogP) is 3.37. The van der Waals surface area contributed by atoms with Crippen LogP contribution in [0.4, 0.5) is 5.69 Å². The van der Waals surface area contributed by atoms with Crippen molar-refractivity contribution in [1.29, 1.82) is 5.26 Å². The number of nitriles is 1. The summed E-state index contributed by atoms with van der Waals surface area (Å²) in [5.74, 6) is 0.0405. The third-order valence-corrected chi connectivity index (χ3v) is 3.48. The fourth-order valence-corrected chi connectivity index (χ4v) is 2.39. The lowest BCUT2D eigenvalue weighted by Gasteiger charge is -2.12. The number of amides is 1. The zero-order valence-corrected chi connectivity index (χ0v) is 12.4. The van der Waals surface area contributed by atoms with Crippen molar-refractivity contribution >= 4 is 22.5 Å². The van der Waals surface area contributed by atoms with Gasteiger partial charge in [-0.15, -0.1) is 0 Å². The molecule has 0 bridgehead atoms. The Labute approximate surface area is 133 Å². The fraction of sp³-hybridized carbons (Fsp3) is 0.0556. The first-order valence-corrected chi connectivity index (χ1v) is 6.97. The molecule has 3 aromatic rings. The summed E-state index contributed by atoms with van der Waals surface area (Å²) in [5.41, 5.74) is 1.96. The van der Waals surface area contributed by atoms with Gasteiger partial charge in [0.2, 0.25) is 0 Å². The molecule has 1 aromatic heterocycles. The first kappa shape index (κ1) is 14.5. The maximum atomic E-state index is 12.7. The Morgan fingerprint density at radius 1 is 1.17 bits per heavy atom. The second-order valence-corrected chi connectivity index (χ2v) is 4.83. The molecule has 0 radical (unpaired) electrons. The standard InChI is InChI=1S/C18H13N3O2/c1-23-16-11-20-15-9-5-3-7-13(15)17(16)18(22)21-14-8-4-2-6-12(14)10-19/h2-9,11H,1H3,(H,21,22). The van der Waals surface area contributed by atoms with Gasteiger partial charge in [0.1, 0.15) is 6.07 Å². The molecular weight excluding hydrogens is 290 g/mol. The number of carbonyl (C=O) groups is 1. The van der Waals surface area contributed by atoms with E-state index in [1.54, 1.807) is 24.3 Å². The predicted molar refractivity (Wildman–Crippen MR) is 87.4 cm³/mol. The van der Waals surface area contributed by atoms with E-state index in [-0.39, 0.29) is 5.91 Å². The topological polar surface area (TPSA) is 75.0 Å². The van der Waals surface area contributed by atoms with Crippen LogP contribution in [-0.2, 0) is 0 Å².